The van der Waals surface area contributed by atoms with Gasteiger partial charge in [-0.1, -0.05) is 17.7 Å². The largest absolute Gasteiger partial charge is 0.383 e. The highest BCUT2D eigenvalue weighted by Gasteiger charge is 2.21. The number of rotatable bonds is 2. The van der Waals surface area contributed by atoms with Gasteiger partial charge in [0.2, 0.25) is 0 Å². The number of aliphatic hydroxyl groups excluding tert-OH is 1. The Labute approximate surface area is 120 Å². The zero-order chi connectivity index (χ0) is 14.2. The van der Waals surface area contributed by atoms with Crippen LogP contribution in [0.3, 0.4) is 0 Å². The third kappa shape index (κ3) is 2.94. The van der Waals surface area contributed by atoms with Gasteiger partial charge in [-0.3, -0.25) is 0 Å². The van der Waals surface area contributed by atoms with Gasteiger partial charge in [0.25, 0.3) is 0 Å². The molecule has 2 rings (SSSR count). The molecular formula is C13H7BrClF3O. The van der Waals surface area contributed by atoms with Crippen LogP contribution >= 0.6 is 27.5 Å². The lowest BCUT2D eigenvalue weighted by Gasteiger charge is -2.14. The van der Waals surface area contributed by atoms with Crippen LogP contribution < -0.4 is 0 Å². The number of halogens is 5. The Kier molecular flexibility index (Phi) is 4.18. The number of hydrogen-bond acceptors (Lipinski definition) is 1. The fourth-order valence-corrected chi connectivity index (χ4v) is 2.18. The molecule has 1 nitrogen and oxygen atoms in total. The first-order valence-electron chi connectivity index (χ1n) is 5.17. The minimum atomic E-state index is -1.55. The Hall–Kier alpha value is -1.04. The van der Waals surface area contributed by atoms with Gasteiger partial charge in [-0.15, -0.1) is 0 Å². The molecule has 6 heteroatoms. The van der Waals surface area contributed by atoms with Crippen LogP contribution in [0.5, 0.6) is 0 Å². The Morgan fingerprint density at radius 1 is 1.05 bits per heavy atom. The molecular weight excluding hydrogens is 344 g/mol. The van der Waals surface area contributed by atoms with Crippen molar-refractivity contribution in [2.45, 2.75) is 6.10 Å². The molecule has 0 fully saturated rings. The van der Waals surface area contributed by atoms with Crippen LogP contribution in [0, 0.1) is 17.5 Å². The average molecular weight is 352 g/mol. The Morgan fingerprint density at radius 3 is 2.16 bits per heavy atom. The van der Waals surface area contributed by atoms with Crippen LogP contribution in [0.25, 0.3) is 0 Å². The smallest absolute Gasteiger partial charge is 0.135 e. The van der Waals surface area contributed by atoms with E-state index < -0.39 is 29.1 Å². The topological polar surface area (TPSA) is 20.2 Å². The van der Waals surface area contributed by atoms with Crippen molar-refractivity contribution in [2.75, 3.05) is 0 Å². The summed E-state index contributed by atoms with van der Waals surface area (Å²) in [4.78, 5) is 0. The number of aliphatic hydroxyl groups is 1. The molecule has 19 heavy (non-hydrogen) atoms. The number of hydrogen-bond donors (Lipinski definition) is 1. The first-order chi connectivity index (χ1) is 8.90. The van der Waals surface area contributed by atoms with Crippen LogP contribution in [-0.2, 0) is 0 Å². The first kappa shape index (κ1) is 14.4. The van der Waals surface area contributed by atoms with Crippen molar-refractivity contribution in [3.8, 4) is 0 Å². The van der Waals surface area contributed by atoms with E-state index in [1.807, 2.05) is 0 Å². The van der Waals surface area contributed by atoms with Gasteiger partial charge in [-0.2, -0.15) is 0 Å². The summed E-state index contributed by atoms with van der Waals surface area (Å²) in [6.07, 6.45) is -1.55. The quantitative estimate of drug-likeness (QED) is 0.838. The van der Waals surface area contributed by atoms with Crippen molar-refractivity contribution in [3.63, 3.8) is 0 Å². The van der Waals surface area contributed by atoms with Gasteiger partial charge in [-0.05, 0) is 33.6 Å². The Morgan fingerprint density at radius 2 is 1.63 bits per heavy atom. The summed E-state index contributed by atoms with van der Waals surface area (Å²) in [5.74, 6) is -3.32. The van der Waals surface area contributed by atoms with Gasteiger partial charge < -0.3 is 5.11 Å². The fraction of sp³-hybridized carbons (Fsp3) is 0.0769. The first-order valence-corrected chi connectivity index (χ1v) is 6.34. The molecule has 2 aromatic rings. The molecule has 0 spiro atoms. The molecule has 0 saturated carbocycles. The van der Waals surface area contributed by atoms with Crippen molar-refractivity contribution in [2.24, 2.45) is 0 Å². The van der Waals surface area contributed by atoms with Gasteiger partial charge in [0.1, 0.15) is 23.6 Å². The second kappa shape index (κ2) is 5.53. The minimum Gasteiger partial charge on any atom is -0.383 e. The lowest BCUT2D eigenvalue weighted by molar-refractivity contribution is 0.208. The minimum absolute atomic E-state index is 0.237. The Balaban J connectivity index is 2.49. The van der Waals surface area contributed by atoms with Crippen molar-refractivity contribution in [3.05, 3.63) is 68.4 Å². The second-order valence-electron chi connectivity index (χ2n) is 3.86. The van der Waals surface area contributed by atoms with Crippen LogP contribution in [0.4, 0.5) is 13.2 Å². The average Bonchev–Trinajstić information content (AvgIpc) is 2.31. The zero-order valence-electron chi connectivity index (χ0n) is 9.30. The van der Waals surface area contributed by atoms with E-state index in [0.29, 0.717) is 21.6 Å². The van der Waals surface area contributed by atoms with Crippen LogP contribution in [0.2, 0.25) is 5.02 Å². The van der Waals surface area contributed by atoms with Gasteiger partial charge in [-0.25, -0.2) is 13.2 Å². The maximum absolute atomic E-state index is 13.5. The van der Waals surface area contributed by atoms with Gasteiger partial charge in [0.05, 0.1) is 10.6 Å². The van der Waals surface area contributed by atoms with Crippen LogP contribution in [0.15, 0.2) is 34.8 Å². The molecule has 0 aliphatic carbocycles. The summed E-state index contributed by atoms with van der Waals surface area (Å²) in [5.41, 5.74) is -0.365. The van der Waals surface area contributed by atoms with E-state index in [9.17, 15) is 18.3 Å². The molecule has 2 aromatic carbocycles. The van der Waals surface area contributed by atoms with E-state index in [-0.39, 0.29) is 5.56 Å². The lowest BCUT2D eigenvalue weighted by atomic mass is 10.0. The summed E-state index contributed by atoms with van der Waals surface area (Å²) >= 11 is 8.93. The van der Waals surface area contributed by atoms with Crippen molar-refractivity contribution in [1.82, 2.24) is 0 Å². The van der Waals surface area contributed by atoms with Crippen molar-refractivity contribution >= 4 is 27.5 Å². The molecule has 0 radical (unpaired) electrons. The fourth-order valence-electron chi connectivity index (χ4n) is 1.66. The van der Waals surface area contributed by atoms with E-state index in [1.165, 1.54) is 18.2 Å². The zero-order valence-corrected chi connectivity index (χ0v) is 11.6. The molecule has 0 bridgehead atoms. The molecule has 1 unspecified atom stereocenters. The van der Waals surface area contributed by atoms with Crippen LogP contribution in [-0.4, -0.2) is 5.11 Å². The molecule has 0 aliphatic rings. The molecule has 100 valence electrons. The SMILES string of the molecule is OC(c1ccc(Cl)c(Br)c1)c1c(F)cc(F)cc1F. The highest BCUT2D eigenvalue weighted by atomic mass is 79.9. The van der Waals surface area contributed by atoms with Gasteiger partial charge >= 0.3 is 0 Å². The molecule has 0 amide bonds. The molecule has 0 heterocycles. The summed E-state index contributed by atoms with van der Waals surface area (Å²) in [7, 11) is 0. The van der Waals surface area contributed by atoms with Crippen molar-refractivity contribution in [1.29, 1.82) is 0 Å². The highest BCUT2D eigenvalue weighted by Crippen LogP contribution is 2.31. The number of benzene rings is 2. The van der Waals surface area contributed by atoms with E-state index >= 15 is 0 Å². The standard InChI is InChI=1S/C13H7BrClF3O/c14-8-3-6(1-2-9(8)15)13(19)12-10(17)4-7(16)5-11(12)18/h1-5,13,19H. The predicted molar refractivity (Wildman–Crippen MR) is 69.5 cm³/mol. The third-order valence-corrected chi connectivity index (χ3v) is 3.79. The van der Waals surface area contributed by atoms with Gasteiger partial charge in [0, 0.05) is 16.6 Å². The lowest BCUT2D eigenvalue weighted by Crippen LogP contribution is -2.06. The summed E-state index contributed by atoms with van der Waals surface area (Å²) < 4.78 is 40.4. The summed E-state index contributed by atoms with van der Waals surface area (Å²) in [6, 6.07) is 5.39. The normalized spacial score (nSPS) is 12.5. The molecule has 0 saturated heterocycles. The van der Waals surface area contributed by atoms with E-state index in [4.69, 9.17) is 11.6 Å². The summed E-state index contributed by atoms with van der Waals surface area (Å²) in [6.45, 7) is 0. The predicted octanol–water partition coefficient (Wildman–Crippen LogP) is 4.60. The Bertz CT molecular complexity index is 610. The summed E-state index contributed by atoms with van der Waals surface area (Å²) in [5, 5.41) is 10.4. The van der Waals surface area contributed by atoms with Gasteiger partial charge in [0.15, 0.2) is 0 Å². The molecule has 0 aromatic heterocycles. The van der Waals surface area contributed by atoms with E-state index in [0.717, 1.165) is 0 Å². The molecule has 0 aliphatic heterocycles. The maximum Gasteiger partial charge on any atom is 0.135 e. The maximum atomic E-state index is 13.5. The highest BCUT2D eigenvalue weighted by molar-refractivity contribution is 9.10. The van der Waals surface area contributed by atoms with Crippen molar-refractivity contribution < 1.29 is 18.3 Å². The second-order valence-corrected chi connectivity index (χ2v) is 5.12. The molecule has 1 N–H and O–H groups in total. The monoisotopic (exact) mass is 350 g/mol. The van der Waals surface area contributed by atoms with Crippen LogP contribution in [0.1, 0.15) is 17.2 Å². The van der Waals surface area contributed by atoms with E-state index in [2.05, 4.69) is 15.9 Å². The van der Waals surface area contributed by atoms with E-state index in [1.54, 1.807) is 0 Å². The third-order valence-electron chi connectivity index (χ3n) is 2.58. The molecule has 1 atom stereocenters.